The SMILES string of the molecule is COc1cc(C(OC(=O)c2cc(OC)c3c(c2)OCO3)C(C)C(C)=O)cc(OC)c1OC. The zero-order valence-electron chi connectivity index (χ0n) is 18.8. The molecule has 0 aliphatic carbocycles. The van der Waals surface area contributed by atoms with E-state index in [2.05, 4.69) is 0 Å². The molecule has 9 heteroatoms. The summed E-state index contributed by atoms with van der Waals surface area (Å²) >= 11 is 0. The van der Waals surface area contributed by atoms with E-state index >= 15 is 0 Å². The Bertz CT molecular complexity index is 990. The Kier molecular flexibility index (Phi) is 6.97. The number of benzene rings is 2. The van der Waals surface area contributed by atoms with Crippen molar-refractivity contribution in [3.63, 3.8) is 0 Å². The maximum atomic E-state index is 13.1. The van der Waals surface area contributed by atoms with E-state index in [4.69, 9.17) is 33.2 Å². The molecular weight excluding hydrogens is 420 g/mol. The van der Waals surface area contributed by atoms with Crippen LogP contribution in [0.25, 0.3) is 0 Å². The Hall–Kier alpha value is -3.62. The Morgan fingerprint density at radius 3 is 2.03 bits per heavy atom. The van der Waals surface area contributed by atoms with Crippen LogP contribution in [-0.2, 0) is 9.53 Å². The standard InChI is InChI=1S/C23H26O9/c1-12(13(2)24)20(14-7-16(26-3)21(29-6)17(8-14)27-4)32-23(25)15-9-18(28-5)22-19(10-15)30-11-31-22/h7-10,12,20H,11H2,1-6H3. The average Bonchev–Trinajstić information content (AvgIpc) is 3.28. The lowest BCUT2D eigenvalue weighted by Gasteiger charge is -2.25. The molecule has 0 N–H and O–H groups in total. The largest absolute Gasteiger partial charge is 0.493 e. The quantitative estimate of drug-likeness (QED) is 0.535. The van der Waals surface area contributed by atoms with Gasteiger partial charge in [-0.25, -0.2) is 4.79 Å². The summed E-state index contributed by atoms with van der Waals surface area (Å²) in [5.74, 6) is 0.830. The van der Waals surface area contributed by atoms with E-state index in [0.29, 0.717) is 40.1 Å². The number of hydrogen-bond acceptors (Lipinski definition) is 9. The summed E-state index contributed by atoms with van der Waals surface area (Å²) in [6.07, 6.45) is -0.912. The number of methoxy groups -OCH3 is 4. The van der Waals surface area contributed by atoms with Gasteiger partial charge in [0.2, 0.25) is 18.3 Å². The first-order chi connectivity index (χ1) is 15.3. The molecule has 9 nitrogen and oxygen atoms in total. The fraction of sp³-hybridized carbons (Fsp3) is 0.391. The summed E-state index contributed by atoms with van der Waals surface area (Å²) in [7, 11) is 5.91. The number of Topliss-reactive ketones (excluding diaryl/α,β-unsaturated/α-hetero) is 1. The van der Waals surface area contributed by atoms with Gasteiger partial charge in [0.05, 0.1) is 39.9 Å². The molecule has 1 heterocycles. The maximum Gasteiger partial charge on any atom is 0.339 e. The van der Waals surface area contributed by atoms with E-state index in [1.54, 1.807) is 19.1 Å². The molecule has 2 unspecified atom stereocenters. The van der Waals surface area contributed by atoms with Crippen LogP contribution in [0, 0.1) is 5.92 Å². The summed E-state index contributed by atoms with van der Waals surface area (Å²) in [4.78, 5) is 25.3. The van der Waals surface area contributed by atoms with Gasteiger partial charge < -0.3 is 33.2 Å². The molecule has 0 saturated carbocycles. The molecular formula is C23H26O9. The number of esters is 1. The van der Waals surface area contributed by atoms with Crippen molar-refractivity contribution < 1.29 is 42.7 Å². The van der Waals surface area contributed by atoms with Crippen molar-refractivity contribution in [3.8, 4) is 34.5 Å². The predicted molar refractivity (Wildman–Crippen MR) is 113 cm³/mol. The highest BCUT2D eigenvalue weighted by atomic mass is 16.7. The van der Waals surface area contributed by atoms with Gasteiger partial charge in [-0.1, -0.05) is 6.92 Å². The lowest BCUT2D eigenvalue weighted by atomic mass is 9.93. The van der Waals surface area contributed by atoms with Gasteiger partial charge >= 0.3 is 5.97 Å². The summed E-state index contributed by atoms with van der Waals surface area (Å²) < 4.78 is 38.0. The van der Waals surface area contributed by atoms with E-state index in [1.165, 1.54) is 47.5 Å². The first kappa shape index (κ1) is 23.1. The van der Waals surface area contributed by atoms with Crippen LogP contribution in [0.1, 0.15) is 35.9 Å². The molecule has 0 spiro atoms. The molecule has 1 aliphatic rings. The molecule has 2 aromatic carbocycles. The Morgan fingerprint density at radius 1 is 0.875 bits per heavy atom. The lowest BCUT2D eigenvalue weighted by molar-refractivity contribution is -0.123. The van der Waals surface area contributed by atoms with Crippen molar-refractivity contribution in [2.45, 2.75) is 20.0 Å². The van der Waals surface area contributed by atoms with Gasteiger partial charge in [0.15, 0.2) is 23.0 Å². The second kappa shape index (κ2) is 9.67. The monoisotopic (exact) mass is 446 g/mol. The summed E-state index contributed by atoms with van der Waals surface area (Å²) in [6, 6.07) is 6.32. The Morgan fingerprint density at radius 2 is 1.50 bits per heavy atom. The molecule has 172 valence electrons. The van der Waals surface area contributed by atoms with Gasteiger partial charge in [-0.05, 0) is 31.2 Å². The number of rotatable bonds is 9. The lowest BCUT2D eigenvalue weighted by Crippen LogP contribution is -2.23. The van der Waals surface area contributed by atoms with Crippen LogP contribution in [0.3, 0.4) is 0 Å². The fourth-order valence-electron chi connectivity index (χ4n) is 3.37. The van der Waals surface area contributed by atoms with Crippen molar-refractivity contribution in [2.75, 3.05) is 35.2 Å². The van der Waals surface area contributed by atoms with Gasteiger partial charge in [-0.15, -0.1) is 0 Å². The third kappa shape index (κ3) is 4.37. The third-order valence-electron chi connectivity index (χ3n) is 5.24. The van der Waals surface area contributed by atoms with Crippen molar-refractivity contribution in [1.82, 2.24) is 0 Å². The Balaban J connectivity index is 2.01. The molecule has 0 aromatic heterocycles. The van der Waals surface area contributed by atoms with Crippen molar-refractivity contribution in [2.24, 2.45) is 5.92 Å². The van der Waals surface area contributed by atoms with Crippen LogP contribution in [0.4, 0.5) is 0 Å². The molecule has 1 aliphatic heterocycles. The minimum atomic E-state index is -0.912. The number of fused-ring (bicyclic) bond motifs is 1. The minimum absolute atomic E-state index is 0.0274. The first-order valence-corrected chi connectivity index (χ1v) is 9.83. The molecule has 0 bridgehead atoms. The highest BCUT2D eigenvalue weighted by Gasteiger charge is 2.31. The van der Waals surface area contributed by atoms with Gasteiger partial charge in [0, 0.05) is 5.56 Å². The zero-order chi connectivity index (χ0) is 23.4. The maximum absolute atomic E-state index is 13.1. The van der Waals surface area contributed by atoms with Crippen LogP contribution in [0.15, 0.2) is 24.3 Å². The van der Waals surface area contributed by atoms with Crippen molar-refractivity contribution >= 4 is 11.8 Å². The van der Waals surface area contributed by atoms with Gasteiger partial charge in [-0.2, -0.15) is 0 Å². The zero-order valence-corrected chi connectivity index (χ0v) is 18.8. The molecule has 3 rings (SSSR count). The van der Waals surface area contributed by atoms with Crippen LogP contribution >= 0.6 is 0 Å². The Labute approximate surface area is 186 Å². The highest BCUT2D eigenvalue weighted by Crippen LogP contribution is 2.44. The van der Waals surface area contributed by atoms with E-state index in [-0.39, 0.29) is 18.1 Å². The van der Waals surface area contributed by atoms with Crippen LogP contribution < -0.4 is 28.4 Å². The van der Waals surface area contributed by atoms with E-state index < -0.39 is 18.0 Å². The van der Waals surface area contributed by atoms with Crippen molar-refractivity contribution in [1.29, 1.82) is 0 Å². The topological polar surface area (TPSA) is 98.8 Å². The molecule has 32 heavy (non-hydrogen) atoms. The number of hydrogen-bond donors (Lipinski definition) is 0. The minimum Gasteiger partial charge on any atom is -0.493 e. The van der Waals surface area contributed by atoms with Crippen LogP contribution in [-0.4, -0.2) is 47.0 Å². The van der Waals surface area contributed by atoms with Gasteiger partial charge in [0.1, 0.15) is 11.9 Å². The van der Waals surface area contributed by atoms with Crippen LogP contribution in [0.2, 0.25) is 0 Å². The van der Waals surface area contributed by atoms with Crippen LogP contribution in [0.5, 0.6) is 34.5 Å². The number of carbonyl (C=O) groups is 2. The van der Waals surface area contributed by atoms with E-state index in [1.807, 2.05) is 0 Å². The van der Waals surface area contributed by atoms with E-state index in [9.17, 15) is 9.59 Å². The number of ether oxygens (including phenoxy) is 7. The smallest absolute Gasteiger partial charge is 0.339 e. The fourth-order valence-corrected chi connectivity index (χ4v) is 3.37. The first-order valence-electron chi connectivity index (χ1n) is 9.83. The summed E-state index contributed by atoms with van der Waals surface area (Å²) in [6.45, 7) is 3.15. The molecule has 0 fully saturated rings. The van der Waals surface area contributed by atoms with E-state index in [0.717, 1.165) is 0 Å². The van der Waals surface area contributed by atoms with Gasteiger partial charge in [0.25, 0.3) is 0 Å². The average molecular weight is 446 g/mol. The normalized spacial score (nSPS) is 13.7. The predicted octanol–water partition coefficient (Wildman–Crippen LogP) is 3.57. The second-order valence-corrected chi connectivity index (χ2v) is 7.10. The third-order valence-corrected chi connectivity index (χ3v) is 5.24. The molecule has 2 atom stereocenters. The summed E-state index contributed by atoms with van der Waals surface area (Å²) in [5.41, 5.74) is 0.711. The molecule has 0 radical (unpaired) electrons. The second-order valence-electron chi connectivity index (χ2n) is 7.10. The number of ketones is 1. The summed E-state index contributed by atoms with van der Waals surface area (Å²) in [5, 5.41) is 0. The molecule has 0 saturated heterocycles. The highest BCUT2D eigenvalue weighted by molar-refractivity contribution is 5.92. The molecule has 0 amide bonds. The van der Waals surface area contributed by atoms with Crippen molar-refractivity contribution in [3.05, 3.63) is 35.4 Å². The van der Waals surface area contributed by atoms with Gasteiger partial charge in [-0.3, -0.25) is 4.79 Å². The number of carbonyl (C=O) groups excluding carboxylic acids is 2. The molecule has 2 aromatic rings.